The Labute approximate surface area is 164 Å². The van der Waals surface area contributed by atoms with Gasteiger partial charge in [-0.05, 0) is 43.0 Å². The third-order valence-electron chi connectivity index (χ3n) is 4.81. The Morgan fingerprint density at radius 1 is 1.29 bits per heavy atom. The molecule has 2 heterocycles. The maximum Gasteiger partial charge on any atom is 0.273 e. The number of benzene rings is 1. The predicted molar refractivity (Wildman–Crippen MR) is 104 cm³/mol. The fraction of sp³-hybridized carbons (Fsp3) is 0.500. The van der Waals surface area contributed by atoms with E-state index in [0.29, 0.717) is 36.8 Å². The third-order valence-corrected chi connectivity index (χ3v) is 4.81. The highest BCUT2D eigenvalue weighted by atomic mass is 16.5. The van der Waals surface area contributed by atoms with Gasteiger partial charge in [0.25, 0.3) is 11.8 Å². The predicted octanol–water partition coefficient (Wildman–Crippen LogP) is 2.15. The summed E-state index contributed by atoms with van der Waals surface area (Å²) in [4.78, 5) is 26.8. The summed E-state index contributed by atoms with van der Waals surface area (Å²) in [5.74, 6) is 0.859. The lowest BCUT2D eigenvalue weighted by Crippen LogP contribution is -2.40. The minimum atomic E-state index is -0.220. The zero-order valence-electron chi connectivity index (χ0n) is 16.6. The lowest BCUT2D eigenvalue weighted by Gasteiger charge is -2.32. The number of piperidine rings is 1. The van der Waals surface area contributed by atoms with Gasteiger partial charge in [-0.3, -0.25) is 9.59 Å². The molecule has 8 nitrogen and oxygen atoms in total. The van der Waals surface area contributed by atoms with Crippen molar-refractivity contribution in [2.24, 2.45) is 5.92 Å². The Morgan fingerprint density at radius 3 is 2.71 bits per heavy atom. The normalized spacial score (nSPS) is 16.9. The molecule has 1 fully saturated rings. The van der Waals surface area contributed by atoms with Crippen LogP contribution < -0.4 is 10.1 Å². The van der Waals surface area contributed by atoms with E-state index in [4.69, 9.17) is 4.74 Å². The van der Waals surface area contributed by atoms with Gasteiger partial charge in [0.05, 0.1) is 19.3 Å². The SMILES string of the molecule is COc1ccc(C(=O)N2CCC[C@H](n3cc(C(=O)NCC(C)C)nn3)C2)cc1. The molecule has 0 radical (unpaired) electrons. The van der Waals surface area contributed by atoms with Crippen molar-refractivity contribution in [1.82, 2.24) is 25.2 Å². The van der Waals surface area contributed by atoms with Crippen molar-refractivity contribution in [2.45, 2.75) is 32.7 Å². The number of amides is 2. The van der Waals surface area contributed by atoms with Crippen molar-refractivity contribution in [3.05, 3.63) is 41.7 Å². The largest absolute Gasteiger partial charge is 0.497 e. The van der Waals surface area contributed by atoms with E-state index in [0.717, 1.165) is 18.6 Å². The molecule has 2 aromatic rings. The van der Waals surface area contributed by atoms with Crippen LogP contribution in [0.15, 0.2) is 30.5 Å². The van der Waals surface area contributed by atoms with Crippen LogP contribution in [0.5, 0.6) is 5.75 Å². The highest BCUT2D eigenvalue weighted by Gasteiger charge is 2.27. The van der Waals surface area contributed by atoms with Crippen molar-refractivity contribution in [2.75, 3.05) is 26.7 Å². The van der Waals surface area contributed by atoms with Gasteiger partial charge in [0.15, 0.2) is 5.69 Å². The smallest absolute Gasteiger partial charge is 0.273 e. The van der Waals surface area contributed by atoms with Crippen LogP contribution in [0.1, 0.15) is 53.6 Å². The number of carbonyl (C=O) groups is 2. The van der Waals surface area contributed by atoms with Gasteiger partial charge in [0.2, 0.25) is 0 Å². The second-order valence-electron chi connectivity index (χ2n) is 7.46. The molecule has 1 atom stereocenters. The summed E-state index contributed by atoms with van der Waals surface area (Å²) in [6.07, 6.45) is 3.44. The van der Waals surface area contributed by atoms with Crippen LogP contribution in [0.2, 0.25) is 0 Å². The van der Waals surface area contributed by atoms with Crippen LogP contribution in [-0.4, -0.2) is 58.5 Å². The molecule has 0 spiro atoms. The Morgan fingerprint density at radius 2 is 2.04 bits per heavy atom. The number of carbonyl (C=O) groups excluding carboxylic acids is 2. The number of hydrogen-bond donors (Lipinski definition) is 1. The monoisotopic (exact) mass is 385 g/mol. The van der Waals surface area contributed by atoms with Gasteiger partial charge in [0.1, 0.15) is 5.75 Å². The minimum absolute atomic E-state index is 0.00935. The van der Waals surface area contributed by atoms with Crippen molar-refractivity contribution >= 4 is 11.8 Å². The van der Waals surface area contributed by atoms with Gasteiger partial charge in [-0.2, -0.15) is 0 Å². The van der Waals surface area contributed by atoms with Crippen molar-refractivity contribution in [3.8, 4) is 5.75 Å². The molecule has 1 aliphatic heterocycles. The second-order valence-corrected chi connectivity index (χ2v) is 7.46. The first-order chi connectivity index (χ1) is 13.5. The topological polar surface area (TPSA) is 89.4 Å². The zero-order chi connectivity index (χ0) is 20.1. The van der Waals surface area contributed by atoms with E-state index in [1.54, 1.807) is 42.3 Å². The first-order valence-corrected chi connectivity index (χ1v) is 9.61. The molecule has 150 valence electrons. The van der Waals surface area contributed by atoms with E-state index in [9.17, 15) is 9.59 Å². The molecule has 0 saturated carbocycles. The number of aromatic nitrogens is 3. The molecule has 3 rings (SSSR count). The third kappa shape index (κ3) is 4.68. The fourth-order valence-corrected chi connectivity index (χ4v) is 3.22. The molecule has 1 N–H and O–H groups in total. The number of hydrogen-bond acceptors (Lipinski definition) is 5. The van der Waals surface area contributed by atoms with Gasteiger partial charge >= 0.3 is 0 Å². The highest BCUT2D eigenvalue weighted by molar-refractivity contribution is 5.94. The average molecular weight is 385 g/mol. The molecule has 28 heavy (non-hydrogen) atoms. The van der Waals surface area contributed by atoms with E-state index >= 15 is 0 Å². The molecular formula is C20H27N5O3. The van der Waals surface area contributed by atoms with Crippen molar-refractivity contribution in [3.63, 3.8) is 0 Å². The summed E-state index contributed by atoms with van der Waals surface area (Å²) < 4.78 is 6.85. The van der Waals surface area contributed by atoms with Gasteiger partial charge < -0.3 is 15.0 Å². The van der Waals surface area contributed by atoms with Crippen LogP contribution in [0.3, 0.4) is 0 Å². The maximum atomic E-state index is 12.8. The van der Waals surface area contributed by atoms with E-state index in [1.807, 2.05) is 18.7 Å². The first-order valence-electron chi connectivity index (χ1n) is 9.61. The summed E-state index contributed by atoms with van der Waals surface area (Å²) in [5.41, 5.74) is 0.938. The van der Waals surface area contributed by atoms with Crippen LogP contribution in [0.4, 0.5) is 0 Å². The van der Waals surface area contributed by atoms with Crippen LogP contribution >= 0.6 is 0 Å². The van der Waals surface area contributed by atoms with E-state index < -0.39 is 0 Å². The lowest BCUT2D eigenvalue weighted by atomic mass is 10.0. The molecule has 8 heteroatoms. The van der Waals surface area contributed by atoms with E-state index in [1.165, 1.54) is 0 Å². The second kappa shape index (κ2) is 8.86. The number of ether oxygens (including phenoxy) is 1. The lowest BCUT2D eigenvalue weighted by molar-refractivity contribution is 0.0671. The minimum Gasteiger partial charge on any atom is -0.497 e. The Hall–Kier alpha value is -2.90. The molecule has 0 bridgehead atoms. The van der Waals surface area contributed by atoms with Gasteiger partial charge in [-0.15, -0.1) is 5.10 Å². The summed E-state index contributed by atoms with van der Waals surface area (Å²) in [5, 5.41) is 11.0. The van der Waals surface area contributed by atoms with Gasteiger partial charge in [0, 0.05) is 25.2 Å². The number of nitrogens with zero attached hydrogens (tertiary/aromatic N) is 4. The Bertz CT molecular complexity index is 816. The standard InChI is InChI=1S/C20H27N5O3/c1-14(2)11-21-19(26)18-13-25(23-22-18)16-5-4-10-24(12-16)20(27)15-6-8-17(28-3)9-7-15/h6-9,13-14,16H,4-5,10-12H2,1-3H3,(H,21,26)/t16-/m0/s1. The highest BCUT2D eigenvalue weighted by Crippen LogP contribution is 2.23. The summed E-state index contributed by atoms with van der Waals surface area (Å²) in [6, 6.07) is 7.13. The zero-order valence-corrected chi connectivity index (χ0v) is 16.6. The molecule has 0 aliphatic carbocycles. The van der Waals surface area contributed by atoms with Crippen molar-refractivity contribution in [1.29, 1.82) is 0 Å². The molecule has 1 aromatic heterocycles. The van der Waals surface area contributed by atoms with Gasteiger partial charge in [-0.25, -0.2) is 4.68 Å². The Balaban J connectivity index is 1.64. The Kier molecular flexibility index (Phi) is 6.28. The maximum absolute atomic E-state index is 12.8. The summed E-state index contributed by atoms with van der Waals surface area (Å²) in [7, 11) is 1.60. The van der Waals surface area contributed by atoms with Crippen LogP contribution in [0.25, 0.3) is 0 Å². The molecule has 0 unspecified atom stereocenters. The van der Waals surface area contributed by atoms with Crippen LogP contribution in [0, 0.1) is 5.92 Å². The van der Waals surface area contributed by atoms with Crippen LogP contribution in [-0.2, 0) is 0 Å². The summed E-state index contributed by atoms with van der Waals surface area (Å²) >= 11 is 0. The average Bonchev–Trinajstić information content (AvgIpc) is 3.22. The number of methoxy groups -OCH3 is 1. The fourth-order valence-electron chi connectivity index (χ4n) is 3.22. The number of rotatable bonds is 6. The van der Waals surface area contributed by atoms with Gasteiger partial charge in [-0.1, -0.05) is 19.1 Å². The quantitative estimate of drug-likeness (QED) is 0.823. The van der Waals surface area contributed by atoms with E-state index in [-0.39, 0.29) is 17.9 Å². The van der Waals surface area contributed by atoms with Crippen molar-refractivity contribution < 1.29 is 14.3 Å². The molecule has 1 aromatic carbocycles. The molecular weight excluding hydrogens is 358 g/mol. The van der Waals surface area contributed by atoms with E-state index in [2.05, 4.69) is 15.6 Å². The first kappa shape index (κ1) is 19.9. The molecule has 1 saturated heterocycles. The molecule has 2 amide bonds. The summed E-state index contributed by atoms with van der Waals surface area (Å²) in [6.45, 7) is 5.92. The number of nitrogens with one attached hydrogen (secondary N) is 1. The number of likely N-dealkylation sites (tertiary alicyclic amines) is 1. The molecule has 1 aliphatic rings.